The average Bonchev–Trinajstić information content (AvgIpc) is 2.97. The molecule has 0 saturated carbocycles. The van der Waals surface area contributed by atoms with Crippen molar-refractivity contribution in [3.8, 4) is 0 Å². The molecule has 1 heterocycles. The summed E-state index contributed by atoms with van der Waals surface area (Å²) in [6, 6.07) is 16.4. The number of imide groups is 1. The fourth-order valence-corrected chi connectivity index (χ4v) is 3.15. The molecule has 0 radical (unpaired) electrons. The molecule has 0 aliphatic rings. The van der Waals surface area contributed by atoms with Crippen molar-refractivity contribution in [1.29, 1.82) is 0 Å². The van der Waals surface area contributed by atoms with Crippen molar-refractivity contribution in [1.82, 2.24) is 19.8 Å². The summed E-state index contributed by atoms with van der Waals surface area (Å²) < 4.78 is 3.31. The number of hydrogen-bond donors (Lipinski definition) is 2. The zero-order valence-electron chi connectivity index (χ0n) is 15.9. The molecule has 2 aromatic carbocycles. The van der Waals surface area contributed by atoms with E-state index in [-0.39, 0.29) is 18.7 Å². The Bertz CT molecular complexity index is 1020. The largest absolute Gasteiger partial charge is 0.334 e. The van der Waals surface area contributed by atoms with Crippen LogP contribution in [0.25, 0.3) is 11.0 Å². The number of nitrogens with zero attached hydrogens (tertiary/aromatic N) is 2. The van der Waals surface area contributed by atoms with Crippen molar-refractivity contribution in [2.24, 2.45) is 0 Å². The van der Waals surface area contributed by atoms with Gasteiger partial charge in [0.15, 0.2) is 0 Å². The number of para-hydroxylation sites is 2. The molecule has 0 bridgehead atoms. The van der Waals surface area contributed by atoms with Gasteiger partial charge in [-0.15, -0.1) is 0 Å². The van der Waals surface area contributed by atoms with Gasteiger partial charge >= 0.3 is 11.7 Å². The lowest BCUT2D eigenvalue weighted by atomic mass is 10.2. The number of urea groups is 1. The summed E-state index contributed by atoms with van der Waals surface area (Å²) in [5.74, 6) is -0.426. The van der Waals surface area contributed by atoms with Crippen molar-refractivity contribution < 1.29 is 9.59 Å². The summed E-state index contributed by atoms with van der Waals surface area (Å²) in [7, 11) is 0. The third-order valence-corrected chi connectivity index (χ3v) is 4.48. The lowest BCUT2D eigenvalue weighted by Crippen LogP contribution is -2.39. The number of aromatic nitrogens is 2. The van der Waals surface area contributed by atoms with E-state index in [1.54, 1.807) is 9.13 Å². The van der Waals surface area contributed by atoms with Gasteiger partial charge in [-0.25, -0.2) is 9.59 Å². The lowest BCUT2D eigenvalue weighted by molar-refractivity contribution is -0.120. The summed E-state index contributed by atoms with van der Waals surface area (Å²) in [5.41, 5.74) is 2.46. The number of carbonyl (C=O) groups is 2. The van der Waals surface area contributed by atoms with Crippen LogP contribution in [0.1, 0.15) is 25.3 Å². The van der Waals surface area contributed by atoms with Gasteiger partial charge in [-0.3, -0.25) is 19.2 Å². The van der Waals surface area contributed by atoms with Crippen LogP contribution in [0, 0.1) is 0 Å². The van der Waals surface area contributed by atoms with Crippen LogP contribution in [0.15, 0.2) is 59.4 Å². The number of fused-ring (bicyclic) bond motifs is 1. The van der Waals surface area contributed by atoms with Crippen LogP contribution in [0.2, 0.25) is 0 Å². The summed E-state index contributed by atoms with van der Waals surface area (Å²) in [6.45, 7) is 3.19. The maximum atomic E-state index is 12.7. The standard InChI is InChI=1S/C21H24N4O3/c1-2-13-24-17-10-6-7-11-18(17)25(21(24)28)14-12-19(26)23-20(27)22-15-16-8-4-3-5-9-16/h3-11H,2,12-15H2,1H3,(H2,22,23,26,27). The monoisotopic (exact) mass is 380 g/mol. The number of hydrogen-bond acceptors (Lipinski definition) is 3. The van der Waals surface area contributed by atoms with Gasteiger partial charge in [-0.05, 0) is 24.1 Å². The Balaban J connectivity index is 1.59. The van der Waals surface area contributed by atoms with Gasteiger partial charge in [0.05, 0.1) is 11.0 Å². The summed E-state index contributed by atoms with van der Waals surface area (Å²) >= 11 is 0. The second-order valence-electron chi connectivity index (χ2n) is 6.54. The van der Waals surface area contributed by atoms with Gasteiger partial charge < -0.3 is 5.32 Å². The molecule has 0 spiro atoms. The first kappa shape index (κ1) is 19.4. The van der Waals surface area contributed by atoms with Gasteiger partial charge in [-0.2, -0.15) is 0 Å². The Labute approximate surface area is 163 Å². The highest BCUT2D eigenvalue weighted by molar-refractivity contribution is 5.94. The van der Waals surface area contributed by atoms with Crippen molar-refractivity contribution in [3.63, 3.8) is 0 Å². The number of nitrogens with one attached hydrogen (secondary N) is 2. The van der Waals surface area contributed by atoms with E-state index in [1.807, 2.05) is 61.5 Å². The Kier molecular flexibility index (Phi) is 6.26. The highest BCUT2D eigenvalue weighted by atomic mass is 16.2. The second-order valence-corrected chi connectivity index (χ2v) is 6.54. The first-order chi connectivity index (χ1) is 13.6. The predicted octanol–water partition coefficient (Wildman–Crippen LogP) is 2.63. The van der Waals surface area contributed by atoms with Gasteiger partial charge in [-0.1, -0.05) is 49.4 Å². The van der Waals surface area contributed by atoms with Gasteiger partial charge in [0.2, 0.25) is 5.91 Å². The molecule has 7 nitrogen and oxygen atoms in total. The summed E-state index contributed by atoms with van der Waals surface area (Å²) in [5, 5.41) is 4.96. The topological polar surface area (TPSA) is 85.1 Å². The van der Waals surface area contributed by atoms with E-state index in [0.29, 0.717) is 13.1 Å². The Hall–Kier alpha value is -3.35. The molecular formula is C21H24N4O3. The van der Waals surface area contributed by atoms with E-state index in [1.165, 1.54) is 0 Å². The molecule has 0 aliphatic heterocycles. The Morgan fingerprint density at radius 2 is 1.50 bits per heavy atom. The third-order valence-electron chi connectivity index (χ3n) is 4.48. The molecule has 28 heavy (non-hydrogen) atoms. The molecule has 3 rings (SSSR count). The van der Waals surface area contributed by atoms with E-state index in [9.17, 15) is 14.4 Å². The van der Waals surface area contributed by atoms with Crippen LogP contribution < -0.4 is 16.3 Å². The zero-order valence-corrected chi connectivity index (χ0v) is 15.9. The third kappa shape index (κ3) is 4.49. The van der Waals surface area contributed by atoms with Crippen LogP contribution >= 0.6 is 0 Å². The van der Waals surface area contributed by atoms with Crippen LogP contribution in [0.5, 0.6) is 0 Å². The van der Waals surface area contributed by atoms with E-state index >= 15 is 0 Å². The van der Waals surface area contributed by atoms with Crippen molar-refractivity contribution in [3.05, 3.63) is 70.6 Å². The molecule has 146 valence electrons. The highest BCUT2D eigenvalue weighted by Gasteiger charge is 2.14. The highest BCUT2D eigenvalue weighted by Crippen LogP contribution is 2.13. The van der Waals surface area contributed by atoms with Crippen LogP contribution in [-0.2, 0) is 24.4 Å². The molecule has 0 aliphatic carbocycles. The van der Waals surface area contributed by atoms with Gasteiger partial charge in [0.1, 0.15) is 0 Å². The fraction of sp³-hybridized carbons (Fsp3) is 0.286. The first-order valence-electron chi connectivity index (χ1n) is 9.40. The minimum Gasteiger partial charge on any atom is -0.334 e. The number of carbonyl (C=O) groups excluding carboxylic acids is 2. The lowest BCUT2D eigenvalue weighted by Gasteiger charge is -2.07. The molecular weight excluding hydrogens is 356 g/mol. The molecule has 2 N–H and O–H groups in total. The second kappa shape index (κ2) is 9.03. The van der Waals surface area contributed by atoms with Crippen molar-refractivity contribution in [2.75, 3.05) is 0 Å². The Morgan fingerprint density at radius 1 is 0.893 bits per heavy atom. The van der Waals surface area contributed by atoms with Gasteiger partial charge in [0, 0.05) is 26.1 Å². The predicted molar refractivity (Wildman–Crippen MR) is 108 cm³/mol. The van der Waals surface area contributed by atoms with Crippen molar-refractivity contribution in [2.45, 2.75) is 39.4 Å². The molecule has 7 heteroatoms. The molecule has 0 unspecified atom stereocenters. The maximum Gasteiger partial charge on any atom is 0.329 e. The van der Waals surface area contributed by atoms with Crippen LogP contribution in [0.3, 0.4) is 0 Å². The first-order valence-corrected chi connectivity index (χ1v) is 9.40. The molecule has 0 atom stereocenters. The Morgan fingerprint density at radius 3 is 2.14 bits per heavy atom. The molecule has 3 aromatic rings. The van der Waals surface area contributed by atoms with Gasteiger partial charge in [0.25, 0.3) is 0 Å². The number of imidazole rings is 1. The maximum absolute atomic E-state index is 12.7. The van der Waals surface area contributed by atoms with Crippen molar-refractivity contribution >= 4 is 23.0 Å². The van der Waals surface area contributed by atoms with E-state index in [4.69, 9.17) is 0 Å². The summed E-state index contributed by atoms with van der Waals surface area (Å²) in [6.07, 6.45) is 0.884. The van der Waals surface area contributed by atoms with E-state index < -0.39 is 11.9 Å². The number of amides is 3. The average molecular weight is 380 g/mol. The molecule has 3 amide bonds. The van der Waals surface area contributed by atoms with Crippen LogP contribution in [0.4, 0.5) is 4.79 Å². The summed E-state index contributed by atoms with van der Waals surface area (Å²) in [4.78, 5) is 36.7. The zero-order chi connectivity index (χ0) is 19.9. The van der Waals surface area contributed by atoms with Crippen LogP contribution in [-0.4, -0.2) is 21.1 Å². The number of benzene rings is 2. The molecule has 1 aromatic heterocycles. The SMILES string of the molecule is CCCn1c(=O)n(CCC(=O)NC(=O)NCc2ccccc2)c2ccccc21. The minimum atomic E-state index is -0.547. The normalized spacial score (nSPS) is 10.8. The molecule has 0 saturated heterocycles. The number of aryl methyl sites for hydroxylation is 2. The van der Waals surface area contributed by atoms with E-state index in [2.05, 4.69) is 10.6 Å². The number of rotatable bonds is 7. The minimum absolute atomic E-state index is 0.0405. The fourth-order valence-electron chi connectivity index (χ4n) is 3.15. The smallest absolute Gasteiger partial charge is 0.329 e. The van der Waals surface area contributed by atoms with E-state index in [0.717, 1.165) is 23.0 Å². The quantitative estimate of drug-likeness (QED) is 0.661. The molecule has 0 fully saturated rings.